The van der Waals surface area contributed by atoms with E-state index in [-0.39, 0.29) is 18.3 Å². The fourth-order valence-electron chi connectivity index (χ4n) is 2.21. The smallest absolute Gasteiger partial charge is 0.433 e. The van der Waals surface area contributed by atoms with E-state index in [2.05, 4.69) is 6.92 Å². The highest BCUT2D eigenvalue weighted by molar-refractivity contribution is 5.89. The van der Waals surface area contributed by atoms with E-state index in [1.54, 1.807) is 4.90 Å². The summed E-state index contributed by atoms with van der Waals surface area (Å²) in [5.74, 6) is -0.561. The Morgan fingerprint density at radius 3 is 2.74 bits per heavy atom. The fourth-order valence-corrected chi connectivity index (χ4v) is 2.21. The van der Waals surface area contributed by atoms with Gasteiger partial charge in [0.25, 0.3) is 5.91 Å². The van der Waals surface area contributed by atoms with Crippen LogP contribution in [0.4, 0.5) is 5.88 Å². The second kappa shape index (κ2) is 7.57. The molecule has 1 aliphatic rings. The van der Waals surface area contributed by atoms with Crippen LogP contribution in [0.3, 0.4) is 0 Å². The molecule has 1 aromatic rings. The standard InChI is InChI=1S/C15H18N2O6/c1-11-6-8-16(9-7-11)13(18)10-22-15(19)5-3-12-2-4-14(23-12)17(20)21/h2-5,11H,6-10H2,1H3/b5-3+. The van der Waals surface area contributed by atoms with Crippen LogP contribution < -0.4 is 0 Å². The number of ether oxygens (including phenoxy) is 1. The van der Waals surface area contributed by atoms with Crippen molar-refractivity contribution in [1.82, 2.24) is 4.90 Å². The summed E-state index contributed by atoms with van der Waals surface area (Å²) in [6.45, 7) is 3.20. The van der Waals surface area contributed by atoms with Crippen LogP contribution in [0, 0.1) is 16.0 Å². The van der Waals surface area contributed by atoms with E-state index >= 15 is 0 Å². The molecular formula is C15H18N2O6. The van der Waals surface area contributed by atoms with Crippen molar-refractivity contribution in [2.75, 3.05) is 19.7 Å². The number of likely N-dealkylation sites (tertiary alicyclic amines) is 1. The van der Waals surface area contributed by atoms with Gasteiger partial charge in [-0.1, -0.05) is 6.92 Å². The highest BCUT2D eigenvalue weighted by Crippen LogP contribution is 2.17. The van der Waals surface area contributed by atoms with Gasteiger partial charge in [-0.15, -0.1) is 0 Å². The van der Waals surface area contributed by atoms with Gasteiger partial charge >= 0.3 is 11.9 Å². The summed E-state index contributed by atoms with van der Waals surface area (Å²) in [6, 6.07) is 2.55. The van der Waals surface area contributed by atoms with E-state index in [0.717, 1.165) is 18.9 Å². The summed E-state index contributed by atoms with van der Waals surface area (Å²) < 4.78 is 9.72. The highest BCUT2D eigenvalue weighted by atomic mass is 16.6. The van der Waals surface area contributed by atoms with Crippen LogP contribution in [0.25, 0.3) is 6.08 Å². The Morgan fingerprint density at radius 1 is 1.43 bits per heavy atom. The van der Waals surface area contributed by atoms with Gasteiger partial charge in [0.05, 0.1) is 6.07 Å². The van der Waals surface area contributed by atoms with Crippen LogP contribution in [0.5, 0.6) is 0 Å². The number of nitrogens with zero attached hydrogens (tertiary/aromatic N) is 2. The van der Waals surface area contributed by atoms with Crippen LogP contribution >= 0.6 is 0 Å². The Morgan fingerprint density at radius 2 is 2.13 bits per heavy atom. The SMILES string of the molecule is CC1CCN(C(=O)COC(=O)/C=C/c2ccc([N+](=O)[O-])o2)CC1. The third-order valence-electron chi connectivity index (χ3n) is 3.65. The molecule has 0 unspecified atom stereocenters. The van der Waals surface area contributed by atoms with E-state index in [1.807, 2.05) is 0 Å². The van der Waals surface area contributed by atoms with Crippen LogP contribution in [0.1, 0.15) is 25.5 Å². The molecule has 0 aliphatic carbocycles. The maximum Gasteiger partial charge on any atom is 0.433 e. The zero-order valence-electron chi connectivity index (χ0n) is 12.8. The number of hydrogen-bond acceptors (Lipinski definition) is 6. The predicted molar refractivity (Wildman–Crippen MR) is 80.3 cm³/mol. The molecule has 1 amide bonds. The lowest BCUT2D eigenvalue weighted by Crippen LogP contribution is -2.40. The van der Waals surface area contributed by atoms with E-state index < -0.39 is 16.8 Å². The molecule has 0 radical (unpaired) electrons. The van der Waals surface area contributed by atoms with E-state index in [9.17, 15) is 19.7 Å². The molecule has 2 rings (SSSR count). The Hall–Kier alpha value is -2.64. The number of carbonyl (C=O) groups excluding carboxylic acids is 2. The Labute approximate surface area is 132 Å². The zero-order chi connectivity index (χ0) is 16.8. The van der Waals surface area contributed by atoms with Crippen molar-refractivity contribution in [3.63, 3.8) is 0 Å². The molecule has 1 aliphatic heterocycles. The quantitative estimate of drug-likeness (QED) is 0.355. The summed E-state index contributed by atoms with van der Waals surface area (Å²) in [5.41, 5.74) is 0. The third-order valence-corrected chi connectivity index (χ3v) is 3.65. The summed E-state index contributed by atoms with van der Waals surface area (Å²) in [6.07, 6.45) is 4.23. The summed E-state index contributed by atoms with van der Waals surface area (Å²) >= 11 is 0. The minimum atomic E-state index is -0.706. The van der Waals surface area contributed by atoms with E-state index in [1.165, 1.54) is 18.2 Å². The van der Waals surface area contributed by atoms with Gasteiger partial charge in [0.2, 0.25) is 0 Å². The molecule has 23 heavy (non-hydrogen) atoms. The second-order valence-corrected chi connectivity index (χ2v) is 5.44. The number of rotatable bonds is 5. The Balaban J connectivity index is 1.76. The van der Waals surface area contributed by atoms with Crippen molar-refractivity contribution < 1.29 is 23.7 Å². The molecule has 1 fully saturated rings. The number of piperidine rings is 1. The first-order valence-corrected chi connectivity index (χ1v) is 7.32. The van der Waals surface area contributed by atoms with Crippen molar-refractivity contribution in [2.24, 2.45) is 5.92 Å². The maximum atomic E-state index is 11.9. The largest absolute Gasteiger partial charge is 0.452 e. The number of furan rings is 1. The monoisotopic (exact) mass is 322 g/mol. The summed E-state index contributed by atoms with van der Waals surface area (Å²) in [4.78, 5) is 34.9. The highest BCUT2D eigenvalue weighted by Gasteiger charge is 2.20. The molecule has 0 bridgehead atoms. The number of amides is 1. The lowest BCUT2D eigenvalue weighted by Gasteiger charge is -2.30. The average molecular weight is 322 g/mol. The van der Waals surface area contributed by atoms with Crippen LogP contribution in [0.2, 0.25) is 0 Å². The van der Waals surface area contributed by atoms with E-state index in [4.69, 9.17) is 9.15 Å². The Bertz CT molecular complexity index is 613. The van der Waals surface area contributed by atoms with Crippen molar-refractivity contribution in [1.29, 1.82) is 0 Å². The van der Waals surface area contributed by atoms with Crippen molar-refractivity contribution in [3.05, 3.63) is 34.1 Å². The van der Waals surface area contributed by atoms with Gasteiger partial charge in [-0.25, -0.2) is 4.79 Å². The van der Waals surface area contributed by atoms with Gasteiger partial charge in [0.1, 0.15) is 10.7 Å². The molecule has 8 heteroatoms. The molecule has 1 aromatic heterocycles. The fraction of sp³-hybridized carbons (Fsp3) is 0.467. The minimum Gasteiger partial charge on any atom is -0.452 e. The average Bonchev–Trinajstić information content (AvgIpc) is 3.00. The lowest BCUT2D eigenvalue weighted by molar-refractivity contribution is -0.402. The van der Waals surface area contributed by atoms with Gasteiger partial charge in [0, 0.05) is 19.2 Å². The van der Waals surface area contributed by atoms with Gasteiger partial charge in [-0.05, 0) is 30.9 Å². The van der Waals surface area contributed by atoms with Crippen LogP contribution in [0.15, 0.2) is 22.6 Å². The zero-order valence-corrected chi connectivity index (χ0v) is 12.8. The minimum absolute atomic E-state index is 0.157. The molecule has 8 nitrogen and oxygen atoms in total. The molecule has 0 saturated carbocycles. The normalized spacial score (nSPS) is 15.8. The summed E-state index contributed by atoms with van der Waals surface area (Å²) in [5, 5.41) is 10.5. The van der Waals surface area contributed by atoms with Crippen LogP contribution in [-0.4, -0.2) is 41.4 Å². The number of esters is 1. The van der Waals surface area contributed by atoms with Gasteiger partial charge in [0.15, 0.2) is 6.61 Å². The maximum absolute atomic E-state index is 11.9. The molecule has 1 saturated heterocycles. The molecule has 0 aromatic carbocycles. The molecule has 0 N–H and O–H groups in total. The molecule has 0 spiro atoms. The van der Waals surface area contributed by atoms with Gasteiger partial charge < -0.3 is 14.1 Å². The predicted octanol–water partition coefficient (Wildman–Crippen LogP) is 2.00. The van der Waals surface area contributed by atoms with Crippen molar-refractivity contribution in [2.45, 2.75) is 19.8 Å². The van der Waals surface area contributed by atoms with Crippen LogP contribution in [-0.2, 0) is 14.3 Å². The molecular weight excluding hydrogens is 304 g/mol. The number of carbonyl (C=O) groups is 2. The second-order valence-electron chi connectivity index (χ2n) is 5.44. The molecule has 2 heterocycles. The lowest BCUT2D eigenvalue weighted by atomic mass is 9.99. The van der Waals surface area contributed by atoms with Gasteiger partial charge in [-0.2, -0.15) is 0 Å². The van der Waals surface area contributed by atoms with Crippen molar-refractivity contribution >= 4 is 23.8 Å². The number of hydrogen-bond donors (Lipinski definition) is 0. The molecule has 124 valence electrons. The topological polar surface area (TPSA) is 103 Å². The Kier molecular flexibility index (Phi) is 5.51. The number of nitro groups is 1. The molecule has 0 atom stereocenters. The first kappa shape index (κ1) is 16.7. The van der Waals surface area contributed by atoms with Gasteiger partial charge in [-0.3, -0.25) is 14.9 Å². The summed E-state index contributed by atoms with van der Waals surface area (Å²) in [7, 11) is 0. The first-order valence-electron chi connectivity index (χ1n) is 7.32. The first-order chi connectivity index (χ1) is 11.0. The van der Waals surface area contributed by atoms with E-state index in [0.29, 0.717) is 19.0 Å². The van der Waals surface area contributed by atoms with Crippen molar-refractivity contribution in [3.8, 4) is 0 Å². The third kappa shape index (κ3) is 4.94.